The monoisotopic (exact) mass is 343 g/mol. The zero-order chi connectivity index (χ0) is 17.9. The smallest absolute Gasteiger partial charge is 0.357 e. The highest BCUT2D eigenvalue weighted by atomic mass is 19.4. The van der Waals surface area contributed by atoms with Gasteiger partial charge in [-0.15, -0.1) is 0 Å². The molecule has 3 aromatic rings. The summed E-state index contributed by atoms with van der Waals surface area (Å²) in [5.74, 6) is -0.216. The van der Waals surface area contributed by atoms with Gasteiger partial charge in [0.2, 0.25) is 0 Å². The second-order valence-corrected chi connectivity index (χ2v) is 5.64. The Morgan fingerprint density at radius 3 is 2.40 bits per heavy atom. The number of rotatable bonds is 4. The molecule has 3 rings (SSSR count). The summed E-state index contributed by atoms with van der Waals surface area (Å²) in [5, 5.41) is 2.92. The van der Waals surface area contributed by atoms with E-state index in [0.717, 1.165) is 17.2 Å². The van der Waals surface area contributed by atoms with Crippen molar-refractivity contribution in [1.82, 2.24) is 9.97 Å². The van der Waals surface area contributed by atoms with Gasteiger partial charge in [0, 0.05) is 12.4 Å². The third-order valence-corrected chi connectivity index (χ3v) is 3.75. The molecule has 0 fully saturated rings. The lowest BCUT2D eigenvalue weighted by Crippen LogP contribution is -2.18. The summed E-state index contributed by atoms with van der Waals surface area (Å²) in [6.07, 6.45) is -1.54. The van der Waals surface area contributed by atoms with Gasteiger partial charge in [0.15, 0.2) is 0 Å². The van der Waals surface area contributed by atoms with Crippen LogP contribution in [0.5, 0.6) is 0 Å². The topological polar surface area (TPSA) is 37.8 Å². The molecule has 0 saturated carbocycles. The number of alkyl halides is 3. The van der Waals surface area contributed by atoms with E-state index in [1.54, 1.807) is 24.4 Å². The van der Waals surface area contributed by atoms with Crippen molar-refractivity contribution < 1.29 is 13.2 Å². The highest BCUT2D eigenvalue weighted by Crippen LogP contribution is 2.35. The molecule has 128 valence electrons. The van der Waals surface area contributed by atoms with Crippen LogP contribution < -0.4 is 5.32 Å². The molecule has 2 aromatic heterocycles. The molecule has 1 aromatic carbocycles. The van der Waals surface area contributed by atoms with Crippen molar-refractivity contribution in [2.75, 3.05) is 5.32 Å². The number of halogens is 3. The van der Waals surface area contributed by atoms with Crippen LogP contribution in [-0.2, 0) is 6.18 Å². The van der Waals surface area contributed by atoms with Crippen molar-refractivity contribution in [3.8, 4) is 0 Å². The van der Waals surface area contributed by atoms with E-state index in [4.69, 9.17) is 0 Å². The second kappa shape index (κ2) is 6.93. The summed E-state index contributed by atoms with van der Waals surface area (Å²) in [4.78, 5) is 8.20. The molecule has 3 nitrogen and oxygen atoms in total. The minimum atomic E-state index is -4.49. The summed E-state index contributed by atoms with van der Waals surface area (Å²) in [6.45, 7) is 1.93. The molecule has 0 aliphatic heterocycles. The lowest BCUT2D eigenvalue weighted by molar-refractivity contribution is -0.137. The molecule has 0 aliphatic rings. The fourth-order valence-electron chi connectivity index (χ4n) is 2.61. The van der Waals surface area contributed by atoms with Crippen LogP contribution in [0.2, 0.25) is 0 Å². The highest BCUT2D eigenvalue weighted by molar-refractivity contribution is 5.50. The van der Waals surface area contributed by atoms with Gasteiger partial charge in [-0.2, -0.15) is 13.2 Å². The van der Waals surface area contributed by atoms with Gasteiger partial charge >= 0.3 is 6.18 Å². The molecular formula is C19H16F3N3. The molecule has 25 heavy (non-hydrogen) atoms. The lowest BCUT2D eigenvalue weighted by atomic mass is 10.0. The third kappa shape index (κ3) is 3.96. The molecule has 1 atom stereocenters. The molecule has 0 amide bonds. The van der Waals surface area contributed by atoms with Gasteiger partial charge in [-0.1, -0.05) is 35.9 Å². The van der Waals surface area contributed by atoms with E-state index in [1.165, 1.54) is 12.3 Å². The van der Waals surface area contributed by atoms with E-state index >= 15 is 0 Å². The maximum absolute atomic E-state index is 13.3. The number of pyridine rings is 2. The molecule has 6 heteroatoms. The van der Waals surface area contributed by atoms with E-state index < -0.39 is 17.8 Å². The SMILES string of the molecule is Cc1cccc(C(Nc2ncccc2C(F)(F)F)c2ccccn2)c1. The van der Waals surface area contributed by atoms with E-state index in [-0.39, 0.29) is 5.82 Å². The van der Waals surface area contributed by atoms with E-state index in [9.17, 15) is 13.2 Å². The standard InChI is InChI=1S/C19H16F3N3/c1-13-6-4-7-14(12-13)17(16-9-2-3-10-23-16)25-18-15(19(20,21)22)8-5-11-24-18/h2-12,17H,1H3,(H,24,25). The number of hydrogen-bond acceptors (Lipinski definition) is 3. The van der Waals surface area contributed by atoms with Gasteiger partial charge in [0.05, 0.1) is 17.3 Å². The zero-order valence-corrected chi connectivity index (χ0v) is 13.5. The summed E-state index contributed by atoms with van der Waals surface area (Å²) < 4.78 is 39.8. The second-order valence-electron chi connectivity index (χ2n) is 5.64. The maximum Gasteiger partial charge on any atom is 0.419 e. The fraction of sp³-hybridized carbons (Fsp3) is 0.158. The first kappa shape index (κ1) is 17.0. The molecule has 0 bridgehead atoms. The normalized spacial score (nSPS) is 12.6. The van der Waals surface area contributed by atoms with Gasteiger partial charge in [-0.05, 0) is 36.8 Å². The fourth-order valence-corrected chi connectivity index (χ4v) is 2.61. The molecule has 1 unspecified atom stereocenters. The van der Waals surface area contributed by atoms with Crippen LogP contribution in [0.15, 0.2) is 67.0 Å². The van der Waals surface area contributed by atoms with Gasteiger partial charge in [-0.3, -0.25) is 4.98 Å². The van der Waals surface area contributed by atoms with Crippen molar-refractivity contribution in [2.24, 2.45) is 0 Å². The molecule has 0 aliphatic carbocycles. The van der Waals surface area contributed by atoms with Crippen molar-refractivity contribution >= 4 is 5.82 Å². The molecule has 0 saturated heterocycles. The maximum atomic E-state index is 13.3. The van der Waals surface area contributed by atoms with Gasteiger partial charge in [0.25, 0.3) is 0 Å². The van der Waals surface area contributed by atoms with E-state index in [0.29, 0.717) is 5.69 Å². The van der Waals surface area contributed by atoms with E-state index in [1.807, 2.05) is 31.2 Å². The highest BCUT2D eigenvalue weighted by Gasteiger charge is 2.35. The Morgan fingerprint density at radius 2 is 1.72 bits per heavy atom. The third-order valence-electron chi connectivity index (χ3n) is 3.75. The Bertz CT molecular complexity index is 848. The summed E-state index contributed by atoms with van der Waals surface area (Å²) in [6, 6.07) is 14.7. The number of hydrogen-bond donors (Lipinski definition) is 1. The van der Waals surface area contributed by atoms with Crippen molar-refractivity contribution in [3.05, 3.63) is 89.4 Å². The van der Waals surface area contributed by atoms with E-state index in [2.05, 4.69) is 15.3 Å². The average Bonchev–Trinajstić information content (AvgIpc) is 2.60. The van der Waals surface area contributed by atoms with Crippen LogP contribution >= 0.6 is 0 Å². The molecule has 1 N–H and O–H groups in total. The molecule has 0 radical (unpaired) electrons. The molecular weight excluding hydrogens is 327 g/mol. The van der Waals surface area contributed by atoms with Gasteiger partial charge < -0.3 is 5.32 Å². The van der Waals surface area contributed by atoms with Crippen LogP contribution in [0.25, 0.3) is 0 Å². The quantitative estimate of drug-likeness (QED) is 0.724. The van der Waals surface area contributed by atoms with Gasteiger partial charge in [-0.25, -0.2) is 4.98 Å². The van der Waals surface area contributed by atoms with Gasteiger partial charge in [0.1, 0.15) is 5.82 Å². The Labute approximate surface area is 143 Å². The summed E-state index contributed by atoms with van der Waals surface area (Å²) in [7, 11) is 0. The first-order valence-electron chi connectivity index (χ1n) is 7.71. The van der Waals surface area contributed by atoms with Crippen molar-refractivity contribution in [2.45, 2.75) is 19.1 Å². The van der Waals surface area contributed by atoms with Crippen LogP contribution in [0, 0.1) is 6.92 Å². The van der Waals surface area contributed by atoms with Crippen LogP contribution in [0.3, 0.4) is 0 Å². The first-order valence-corrected chi connectivity index (χ1v) is 7.71. The number of aromatic nitrogens is 2. The predicted octanol–water partition coefficient (Wildman–Crippen LogP) is 5.01. The van der Waals surface area contributed by atoms with Crippen molar-refractivity contribution in [1.29, 1.82) is 0 Å². The number of anilines is 1. The average molecular weight is 343 g/mol. The van der Waals surface area contributed by atoms with Crippen LogP contribution in [0.4, 0.5) is 19.0 Å². The minimum Gasteiger partial charge on any atom is -0.357 e. The van der Waals surface area contributed by atoms with Crippen LogP contribution in [0.1, 0.15) is 28.4 Å². The van der Waals surface area contributed by atoms with Crippen molar-refractivity contribution in [3.63, 3.8) is 0 Å². The Morgan fingerprint density at radius 1 is 0.920 bits per heavy atom. The van der Waals surface area contributed by atoms with Crippen LogP contribution in [-0.4, -0.2) is 9.97 Å². The number of nitrogens with one attached hydrogen (secondary N) is 1. The Hall–Kier alpha value is -2.89. The summed E-state index contributed by atoms with van der Waals surface area (Å²) >= 11 is 0. The predicted molar refractivity (Wildman–Crippen MR) is 90.1 cm³/mol. The lowest BCUT2D eigenvalue weighted by Gasteiger charge is -2.22. The summed E-state index contributed by atoms with van der Waals surface area (Å²) in [5.41, 5.74) is 1.64. The zero-order valence-electron chi connectivity index (χ0n) is 13.5. The minimum absolute atomic E-state index is 0.216. The number of benzene rings is 1. The Kier molecular flexibility index (Phi) is 4.70. The first-order chi connectivity index (χ1) is 11.9. The molecule has 2 heterocycles. The largest absolute Gasteiger partial charge is 0.419 e. The molecule has 0 spiro atoms. The Balaban J connectivity index is 2.06. The number of aryl methyl sites for hydroxylation is 1. The number of nitrogens with zero attached hydrogens (tertiary/aromatic N) is 2.